The van der Waals surface area contributed by atoms with Crippen LogP contribution in [0, 0.1) is 5.92 Å². The average molecular weight is 309 g/mol. The van der Waals surface area contributed by atoms with E-state index in [-0.39, 0.29) is 12.4 Å². The number of nitrogens with one attached hydrogen (secondary N) is 1. The van der Waals surface area contributed by atoms with Gasteiger partial charge in [0.25, 0.3) is 5.91 Å². The summed E-state index contributed by atoms with van der Waals surface area (Å²) in [7, 11) is 1.54. The third-order valence-corrected chi connectivity index (χ3v) is 4.47. The van der Waals surface area contributed by atoms with Gasteiger partial charge in [0.15, 0.2) is 5.76 Å². The summed E-state index contributed by atoms with van der Waals surface area (Å²) in [5.74, 6) is -0.267. The maximum absolute atomic E-state index is 12.3. The topological polar surface area (TPSA) is 88.8 Å². The molecule has 6 nitrogen and oxygen atoms in total. The first-order valence-corrected chi connectivity index (χ1v) is 7.64. The summed E-state index contributed by atoms with van der Waals surface area (Å²) in [6.45, 7) is 2.38. The van der Waals surface area contributed by atoms with Gasteiger partial charge in [-0.2, -0.15) is 0 Å². The number of aliphatic carboxylic acids is 1. The van der Waals surface area contributed by atoms with Gasteiger partial charge in [-0.05, 0) is 43.7 Å². The molecule has 1 heterocycles. The molecule has 6 heteroatoms. The predicted molar refractivity (Wildman–Crippen MR) is 79.5 cm³/mol. The maximum Gasteiger partial charge on any atom is 0.329 e. The van der Waals surface area contributed by atoms with E-state index in [1.807, 2.05) is 0 Å². The first kappa shape index (κ1) is 16.5. The van der Waals surface area contributed by atoms with E-state index >= 15 is 0 Å². The minimum atomic E-state index is -1.18. The van der Waals surface area contributed by atoms with Gasteiger partial charge in [-0.15, -0.1) is 0 Å². The van der Waals surface area contributed by atoms with Crippen molar-refractivity contribution < 1.29 is 23.8 Å². The summed E-state index contributed by atoms with van der Waals surface area (Å²) in [5, 5.41) is 12.2. The van der Waals surface area contributed by atoms with Gasteiger partial charge < -0.3 is 19.6 Å². The third kappa shape index (κ3) is 3.50. The highest BCUT2D eigenvalue weighted by Gasteiger charge is 2.43. The highest BCUT2D eigenvalue weighted by atomic mass is 16.5. The number of hydrogen-bond acceptors (Lipinski definition) is 4. The van der Waals surface area contributed by atoms with Crippen molar-refractivity contribution in [3.63, 3.8) is 0 Å². The minimum Gasteiger partial charge on any atom is -0.480 e. The number of carbonyl (C=O) groups excluding carboxylic acids is 1. The Labute approximate surface area is 129 Å². The molecule has 2 rings (SSSR count). The molecular weight excluding hydrogens is 286 g/mol. The van der Waals surface area contributed by atoms with Gasteiger partial charge in [0.05, 0.1) is 0 Å². The van der Waals surface area contributed by atoms with Crippen molar-refractivity contribution >= 4 is 11.9 Å². The van der Waals surface area contributed by atoms with Crippen molar-refractivity contribution in [1.82, 2.24) is 5.32 Å². The van der Waals surface area contributed by atoms with Crippen LogP contribution in [-0.4, -0.2) is 29.6 Å². The number of methoxy groups -OCH3 is 1. The number of furan rings is 1. The van der Waals surface area contributed by atoms with Crippen molar-refractivity contribution in [2.45, 2.75) is 51.2 Å². The molecule has 0 radical (unpaired) electrons. The van der Waals surface area contributed by atoms with Gasteiger partial charge in [-0.3, -0.25) is 4.79 Å². The number of carbonyl (C=O) groups is 2. The molecule has 1 aromatic rings. The number of amides is 1. The molecule has 0 aromatic carbocycles. The van der Waals surface area contributed by atoms with Gasteiger partial charge in [0.2, 0.25) is 0 Å². The van der Waals surface area contributed by atoms with E-state index in [0.717, 1.165) is 19.3 Å². The quantitative estimate of drug-likeness (QED) is 0.843. The molecule has 1 saturated carbocycles. The van der Waals surface area contributed by atoms with E-state index in [9.17, 15) is 14.7 Å². The zero-order valence-electron chi connectivity index (χ0n) is 13.1. The SMILES string of the molecule is CCC1CCC(NC(=O)c2ccc(COC)o2)(C(=O)O)CC1. The molecule has 1 amide bonds. The van der Waals surface area contributed by atoms with Gasteiger partial charge in [0, 0.05) is 7.11 Å². The molecule has 1 aromatic heterocycles. The van der Waals surface area contributed by atoms with Crippen LogP contribution in [0.5, 0.6) is 0 Å². The first-order chi connectivity index (χ1) is 10.5. The number of rotatable bonds is 6. The number of ether oxygens (including phenoxy) is 1. The van der Waals surface area contributed by atoms with Crippen molar-refractivity contribution in [3.05, 3.63) is 23.7 Å². The highest BCUT2D eigenvalue weighted by Crippen LogP contribution is 2.34. The Morgan fingerprint density at radius 2 is 2.09 bits per heavy atom. The van der Waals surface area contributed by atoms with E-state index in [1.54, 1.807) is 6.07 Å². The predicted octanol–water partition coefficient (Wildman–Crippen LogP) is 2.58. The van der Waals surface area contributed by atoms with Crippen molar-refractivity contribution in [1.29, 1.82) is 0 Å². The largest absolute Gasteiger partial charge is 0.480 e. The summed E-state index contributed by atoms with van der Waals surface area (Å²) in [6.07, 6.45) is 3.59. The summed E-state index contributed by atoms with van der Waals surface area (Å²) in [6, 6.07) is 3.19. The number of carboxylic acid groups (broad SMARTS) is 1. The van der Waals surface area contributed by atoms with Crippen LogP contribution in [0.1, 0.15) is 55.3 Å². The number of hydrogen-bond donors (Lipinski definition) is 2. The zero-order valence-corrected chi connectivity index (χ0v) is 13.1. The van der Waals surface area contributed by atoms with Crippen LogP contribution in [0.25, 0.3) is 0 Å². The van der Waals surface area contributed by atoms with E-state index in [1.165, 1.54) is 13.2 Å². The van der Waals surface area contributed by atoms with Gasteiger partial charge in [-0.25, -0.2) is 4.79 Å². The monoisotopic (exact) mass is 309 g/mol. The van der Waals surface area contributed by atoms with Crippen LogP contribution < -0.4 is 5.32 Å². The second kappa shape index (κ2) is 6.96. The molecule has 122 valence electrons. The zero-order chi connectivity index (χ0) is 16.2. The normalized spacial score (nSPS) is 24.9. The number of carboxylic acids is 1. The van der Waals surface area contributed by atoms with Gasteiger partial charge >= 0.3 is 5.97 Å². The van der Waals surface area contributed by atoms with Crippen LogP contribution in [0.2, 0.25) is 0 Å². The first-order valence-electron chi connectivity index (χ1n) is 7.64. The Kier molecular flexibility index (Phi) is 5.24. The highest BCUT2D eigenvalue weighted by molar-refractivity contribution is 5.95. The molecule has 0 aliphatic heterocycles. The van der Waals surface area contributed by atoms with E-state index in [0.29, 0.717) is 24.5 Å². The Hall–Kier alpha value is -1.82. The van der Waals surface area contributed by atoms with E-state index in [4.69, 9.17) is 9.15 Å². The van der Waals surface area contributed by atoms with Crippen molar-refractivity contribution in [2.75, 3.05) is 7.11 Å². The smallest absolute Gasteiger partial charge is 0.329 e. The molecule has 0 saturated heterocycles. The van der Waals surface area contributed by atoms with E-state index < -0.39 is 17.4 Å². The third-order valence-electron chi connectivity index (χ3n) is 4.47. The van der Waals surface area contributed by atoms with Crippen molar-refractivity contribution in [2.24, 2.45) is 5.92 Å². The van der Waals surface area contributed by atoms with Crippen molar-refractivity contribution in [3.8, 4) is 0 Å². The molecule has 22 heavy (non-hydrogen) atoms. The molecule has 0 unspecified atom stereocenters. The second-order valence-corrected chi connectivity index (χ2v) is 5.89. The van der Waals surface area contributed by atoms with E-state index in [2.05, 4.69) is 12.2 Å². The maximum atomic E-state index is 12.3. The standard InChI is InChI=1S/C16H23NO5/c1-3-11-6-8-16(9-7-11,15(19)20)17-14(18)13-5-4-12(22-13)10-21-2/h4-5,11H,3,6-10H2,1-2H3,(H,17,18)(H,19,20). The lowest BCUT2D eigenvalue weighted by Gasteiger charge is -2.36. The molecule has 0 atom stereocenters. The van der Waals surface area contributed by atoms with Crippen LogP contribution in [-0.2, 0) is 16.1 Å². The second-order valence-electron chi connectivity index (χ2n) is 5.89. The molecule has 1 aliphatic rings. The molecule has 0 bridgehead atoms. The lowest BCUT2D eigenvalue weighted by atomic mass is 9.75. The molecule has 1 aliphatic carbocycles. The Morgan fingerprint density at radius 1 is 1.41 bits per heavy atom. The molecular formula is C16H23NO5. The average Bonchev–Trinajstić information content (AvgIpc) is 2.97. The fourth-order valence-corrected chi connectivity index (χ4v) is 2.97. The van der Waals surface area contributed by atoms with Crippen LogP contribution in [0.4, 0.5) is 0 Å². The summed E-state index contributed by atoms with van der Waals surface area (Å²) >= 11 is 0. The summed E-state index contributed by atoms with van der Waals surface area (Å²) in [5.41, 5.74) is -1.18. The van der Waals surface area contributed by atoms with Crippen LogP contribution in [0.3, 0.4) is 0 Å². The molecule has 0 spiro atoms. The van der Waals surface area contributed by atoms with Crippen LogP contribution in [0.15, 0.2) is 16.5 Å². The molecule has 2 N–H and O–H groups in total. The Bertz CT molecular complexity index is 528. The fourth-order valence-electron chi connectivity index (χ4n) is 2.97. The van der Waals surface area contributed by atoms with Gasteiger partial charge in [0.1, 0.15) is 17.9 Å². The minimum absolute atomic E-state index is 0.116. The van der Waals surface area contributed by atoms with Crippen LogP contribution >= 0.6 is 0 Å². The van der Waals surface area contributed by atoms with Gasteiger partial charge in [-0.1, -0.05) is 13.3 Å². The molecule has 1 fully saturated rings. The summed E-state index contributed by atoms with van der Waals surface area (Å²) < 4.78 is 10.3. The Morgan fingerprint density at radius 3 is 2.64 bits per heavy atom. The summed E-state index contributed by atoms with van der Waals surface area (Å²) in [4.78, 5) is 24.0. The fraction of sp³-hybridized carbons (Fsp3) is 0.625. The Balaban J connectivity index is 2.07. The lowest BCUT2D eigenvalue weighted by molar-refractivity contribution is -0.146. The lowest BCUT2D eigenvalue weighted by Crippen LogP contribution is -2.56.